The highest BCUT2D eigenvalue weighted by molar-refractivity contribution is 5.94. The molecule has 126 valence electrons. The molecule has 0 bridgehead atoms. The Morgan fingerprint density at radius 2 is 2.00 bits per heavy atom. The summed E-state index contributed by atoms with van der Waals surface area (Å²) < 4.78 is 3.16. The van der Waals surface area contributed by atoms with Gasteiger partial charge >= 0.3 is 5.69 Å². The molecule has 0 radical (unpaired) electrons. The van der Waals surface area contributed by atoms with E-state index in [9.17, 15) is 14.4 Å². The van der Waals surface area contributed by atoms with Gasteiger partial charge in [0.05, 0.1) is 17.3 Å². The number of rotatable bonds is 2. The zero-order chi connectivity index (χ0) is 16.8. The van der Waals surface area contributed by atoms with Crippen LogP contribution in [0, 0.1) is 0 Å². The van der Waals surface area contributed by atoms with E-state index in [1.54, 1.807) is 11.6 Å². The van der Waals surface area contributed by atoms with Gasteiger partial charge in [-0.25, -0.2) is 4.79 Å². The molecule has 2 amide bonds. The maximum atomic E-state index is 12.8. The van der Waals surface area contributed by atoms with E-state index in [1.807, 2.05) is 13.8 Å². The topological polar surface area (TPSA) is 85.1 Å². The molecule has 0 aromatic carbocycles. The smallest absolute Gasteiger partial charge is 0.328 e. The molecule has 7 nitrogen and oxygen atoms in total. The second-order valence-corrected chi connectivity index (χ2v) is 7.08. The summed E-state index contributed by atoms with van der Waals surface area (Å²) in [4.78, 5) is 36.6. The fourth-order valence-electron chi connectivity index (χ4n) is 3.67. The minimum atomic E-state index is -0.496. The van der Waals surface area contributed by atoms with Gasteiger partial charge in [0.2, 0.25) is 5.91 Å². The Balaban J connectivity index is 1.87. The molecule has 1 fully saturated rings. The number of fused-ring (bicyclic) bond motifs is 1. The van der Waals surface area contributed by atoms with Gasteiger partial charge in [-0.1, -0.05) is 0 Å². The first-order valence-electron chi connectivity index (χ1n) is 8.21. The van der Waals surface area contributed by atoms with Crippen LogP contribution in [0.1, 0.15) is 55.7 Å². The highest BCUT2D eigenvalue weighted by Gasteiger charge is 2.37. The first-order chi connectivity index (χ1) is 10.8. The molecule has 3 rings (SSSR count). The fourth-order valence-corrected chi connectivity index (χ4v) is 3.67. The summed E-state index contributed by atoms with van der Waals surface area (Å²) >= 11 is 0. The normalized spacial score (nSPS) is 23.1. The van der Waals surface area contributed by atoms with Crippen LogP contribution in [-0.2, 0) is 24.8 Å². The molecule has 0 spiro atoms. The summed E-state index contributed by atoms with van der Waals surface area (Å²) in [7, 11) is 1.65. The lowest BCUT2D eigenvalue weighted by Crippen LogP contribution is -2.62. The van der Waals surface area contributed by atoms with Crippen LogP contribution >= 0.6 is 0 Å². The SMILES string of the molecule is Cn1c(C(=O)NC2CCC(=O)NC2(C)C)c2n(c1=O)CCCC2. The van der Waals surface area contributed by atoms with Crippen LogP contribution in [0.25, 0.3) is 0 Å². The lowest BCUT2D eigenvalue weighted by atomic mass is 9.86. The number of carbonyl (C=O) groups excluding carboxylic acids is 2. The summed E-state index contributed by atoms with van der Waals surface area (Å²) in [5, 5.41) is 5.94. The van der Waals surface area contributed by atoms with Gasteiger partial charge in [-0.3, -0.25) is 18.7 Å². The first-order valence-corrected chi connectivity index (χ1v) is 8.21. The molecule has 0 aliphatic carbocycles. The molecule has 7 heteroatoms. The molecule has 2 N–H and O–H groups in total. The van der Waals surface area contributed by atoms with E-state index in [0.717, 1.165) is 25.0 Å². The van der Waals surface area contributed by atoms with Crippen molar-refractivity contribution in [3.05, 3.63) is 21.9 Å². The monoisotopic (exact) mass is 320 g/mol. The van der Waals surface area contributed by atoms with Crippen LogP contribution < -0.4 is 16.3 Å². The summed E-state index contributed by atoms with van der Waals surface area (Å²) in [5.74, 6) is -0.219. The van der Waals surface area contributed by atoms with Gasteiger partial charge in [0, 0.05) is 20.0 Å². The predicted octanol–water partition coefficient (Wildman–Crippen LogP) is 0.310. The van der Waals surface area contributed by atoms with Gasteiger partial charge in [0.15, 0.2) is 0 Å². The van der Waals surface area contributed by atoms with Crippen LogP contribution in [0.2, 0.25) is 0 Å². The molecular formula is C16H24N4O3. The number of imidazole rings is 1. The summed E-state index contributed by atoms with van der Waals surface area (Å²) in [6, 6.07) is -0.151. The number of amides is 2. The fraction of sp³-hybridized carbons (Fsp3) is 0.688. The minimum Gasteiger partial charge on any atom is -0.349 e. The number of carbonyl (C=O) groups is 2. The lowest BCUT2D eigenvalue weighted by molar-refractivity contribution is -0.125. The summed E-state index contributed by atoms with van der Waals surface area (Å²) in [6.07, 6.45) is 3.73. The maximum Gasteiger partial charge on any atom is 0.328 e. The lowest BCUT2D eigenvalue weighted by Gasteiger charge is -2.39. The van der Waals surface area contributed by atoms with Crippen molar-refractivity contribution in [2.24, 2.45) is 7.05 Å². The minimum absolute atomic E-state index is 0.00847. The molecule has 3 heterocycles. The molecular weight excluding hydrogens is 296 g/mol. The average molecular weight is 320 g/mol. The molecule has 1 unspecified atom stereocenters. The van der Waals surface area contributed by atoms with Crippen molar-refractivity contribution in [3.8, 4) is 0 Å². The van der Waals surface area contributed by atoms with Crippen LogP contribution in [0.4, 0.5) is 0 Å². The predicted molar refractivity (Wildman–Crippen MR) is 85.3 cm³/mol. The molecule has 1 atom stereocenters. The molecule has 23 heavy (non-hydrogen) atoms. The Labute approximate surface area is 135 Å². The number of hydrogen-bond donors (Lipinski definition) is 2. The van der Waals surface area contributed by atoms with Gasteiger partial charge in [0.1, 0.15) is 5.69 Å². The van der Waals surface area contributed by atoms with E-state index < -0.39 is 5.54 Å². The van der Waals surface area contributed by atoms with Crippen molar-refractivity contribution in [2.75, 3.05) is 0 Å². The van der Waals surface area contributed by atoms with E-state index in [1.165, 1.54) is 4.57 Å². The molecule has 2 aliphatic rings. The van der Waals surface area contributed by atoms with Crippen LogP contribution in [-0.4, -0.2) is 32.5 Å². The van der Waals surface area contributed by atoms with Crippen LogP contribution in [0.5, 0.6) is 0 Å². The van der Waals surface area contributed by atoms with Crippen molar-refractivity contribution >= 4 is 11.8 Å². The number of hydrogen-bond acceptors (Lipinski definition) is 3. The van der Waals surface area contributed by atoms with Crippen molar-refractivity contribution in [1.29, 1.82) is 0 Å². The first kappa shape index (κ1) is 15.8. The zero-order valence-corrected chi connectivity index (χ0v) is 13.9. The van der Waals surface area contributed by atoms with Crippen molar-refractivity contribution in [2.45, 2.75) is 64.1 Å². The third-order valence-corrected chi connectivity index (χ3v) is 5.01. The Kier molecular flexibility index (Phi) is 3.82. The highest BCUT2D eigenvalue weighted by Crippen LogP contribution is 2.22. The van der Waals surface area contributed by atoms with Gasteiger partial charge in [-0.05, 0) is 39.5 Å². The van der Waals surface area contributed by atoms with Crippen LogP contribution in [0.15, 0.2) is 4.79 Å². The van der Waals surface area contributed by atoms with Gasteiger partial charge in [0.25, 0.3) is 5.91 Å². The van der Waals surface area contributed by atoms with Gasteiger partial charge < -0.3 is 10.6 Å². The summed E-state index contributed by atoms with van der Waals surface area (Å²) in [6.45, 7) is 4.49. The molecule has 1 saturated heterocycles. The maximum absolute atomic E-state index is 12.8. The third kappa shape index (κ3) is 2.68. The van der Waals surface area contributed by atoms with E-state index in [4.69, 9.17) is 0 Å². The molecule has 2 aliphatic heterocycles. The van der Waals surface area contributed by atoms with E-state index in [2.05, 4.69) is 10.6 Å². The van der Waals surface area contributed by atoms with Crippen molar-refractivity contribution < 1.29 is 9.59 Å². The average Bonchev–Trinajstić information content (AvgIpc) is 2.74. The summed E-state index contributed by atoms with van der Waals surface area (Å²) in [5.41, 5.74) is 0.672. The number of aromatic nitrogens is 2. The Bertz CT molecular complexity index is 714. The number of nitrogens with zero attached hydrogens (tertiary/aromatic N) is 2. The highest BCUT2D eigenvalue weighted by atomic mass is 16.2. The third-order valence-electron chi connectivity index (χ3n) is 5.01. The quantitative estimate of drug-likeness (QED) is 0.822. The largest absolute Gasteiger partial charge is 0.349 e. The van der Waals surface area contributed by atoms with E-state index in [0.29, 0.717) is 25.1 Å². The van der Waals surface area contributed by atoms with Crippen molar-refractivity contribution in [3.63, 3.8) is 0 Å². The van der Waals surface area contributed by atoms with E-state index in [-0.39, 0.29) is 23.5 Å². The Hall–Kier alpha value is -2.05. The zero-order valence-electron chi connectivity index (χ0n) is 13.9. The molecule has 1 aromatic heterocycles. The number of nitrogens with one attached hydrogen (secondary N) is 2. The van der Waals surface area contributed by atoms with Gasteiger partial charge in [-0.15, -0.1) is 0 Å². The van der Waals surface area contributed by atoms with Gasteiger partial charge in [-0.2, -0.15) is 0 Å². The number of piperidine rings is 1. The van der Waals surface area contributed by atoms with E-state index >= 15 is 0 Å². The Morgan fingerprint density at radius 1 is 1.26 bits per heavy atom. The second kappa shape index (κ2) is 5.54. The molecule has 1 aromatic rings. The van der Waals surface area contributed by atoms with Crippen LogP contribution in [0.3, 0.4) is 0 Å². The standard InChI is InChI=1S/C16H24N4O3/c1-16(2)11(7-8-12(21)18-16)17-14(22)13-10-6-4-5-9-20(10)15(23)19(13)3/h11H,4-9H2,1-3H3,(H,17,22)(H,18,21). The van der Waals surface area contributed by atoms with Crippen molar-refractivity contribution in [1.82, 2.24) is 19.8 Å². The molecule has 0 saturated carbocycles. The second-order valence-electron chi connectivity index (χ2n) is 7.08. The Morgan fingerprint density at radius 3 is 2.70 bits per heavy atom.